The van der Waals surface area contributed by atoms with Gasteiger partial charge in [-0.1, -0.05) is 30.3 Å². The van der Waals surface area contributed by atoms with E-state index in [2.05, 4.69) is 9.97 Å². The molecular weight excluding hydrogens is 278 g/mol. The quantitative estimate of drug-likeness (QED) is 0.536. The Labute approximate surface area is 127 Å². The van der Waals surface area contributed by atoms with Crippen LogP contribution < -0.4 is 4.74 Å². The smallest absolute Gasteiger partial charge is 0.219 e. The van der Waals surface area contributed by atoms with Crippen molar-refractivity contribution in [1.29, 1.82) is 5.26 Å². The standard InChI is InChI=1S/C15H12N2O.C2HNO/c1-18-12-7-8-13-14(9-12)16-10-15(17-13)11-5-3-2-4-6-11;3-1-2-4/h2-10H,1H3;2H. The van der Waals surface area contributed by atoms with Gasteiger partial charge in [-0.2, -0.15) is 5.26 Å². The molecule has 0 saturated heterocycles. The number of hydrogen-bond acceptors (Lipinski definition) is 5. The number of aromatic nitrogens is 2. The molecule has 0 unspecified atom stereocenters. The number of rotatable bonds is 2. The van der Waals surface area contributed by atoms with Crippen molar-refractivity contribution < 1.29 is 9.53 Å². The molecule has 0 N–H and O–H groups in total. The Kier molecular flexibility index (Phi) is 5.16. The van der Waals surface area contributed by atoms with Gasteiger partial charge in [-0.15, -0.1) is 0 Å². The van der Waals surface area contributed by atoms with Gasteiger partial charge in [-0.05, 0) is 12.1 Å². The van der Waals surface area contributed by atoms with Gasteiger partial charge in [0.2, 0.25) is 6.29 Å². The first-order valence-electron chi connectivity index (χ1n) is 6.48. The number of nitrogens with zero attached hydrogens (tertiary/aromatic N) is 3. The normalized spacial score (nSPS) is 9.27. The number of carbonyl (C=O) groups excluding carboxylic acids is 1. The third kappa shape index (κ3) is 3.64. The molecular formula is C17H13N3O2. The fraction of sp³-hybridized carbons (Fsp3) is 0.0588. The molecule has 0 saturated carbocycles. The Morgan fingerprint density at radius 3 is 2.50 bits per heavy atom. The largest absolute Gasteiger partial charge is 0.497 e. The monoisotopic (exact) mass is 291 g/mol. The number of carbonyl (C=O) groups is 1. The number of aldehydes is 1. The van der Waals surface area contributed by atoms with Gasteiger partial charge in [0.25, 0.3) is 0 Å². The molecule has 0 bridgehead atoms. The van der Waals surface area contributed by atoms with E-state index in [1.54, 1.807) is 13.3 Å². The van der Waals surface area contributed by atoms with E-state index in [4.69, 9.17) is 14.8 Å². The lowest BCUT2D eigenvalue weighted by atomic mass is 10.1. The van der Waals surface area contributed by atoms with E-state index in [0.717, 1.165) is 28.0 Å². The Morgan fingerprint density at radius 1 is 1.14 bits per heavy atom. The number of fused-ring (bicyclic) bond motifs is 1. The number of benzene rings is 2. The van der Waals surface area contributed by atoms with Gasteiger partial charge in [0.1, 0.15) is 11.8 Å². The van der Waals surface area contributed by atoms with Crippen LogP contribution >= 0.6 is 0 Å². The van der Waals surface area contributed by atoms with E-state index in [1.807, 2.05) is 48.5 Å². The summed E-state index contributed by atoms with van der Waals surface area (Å²) in [5, 5.41) is 7.26. The van der Waals surface area contributed by atoms with Crippen LogP contribution in [0.4, 0.5) is 0 Å². The maximum Gasteiger partial charge on any atom is 0.219 e. The van der Waals surface area contributed by atoms with Crippen LogP contribution in [0.3, 0.4) is 0 Å². The molecule has 0 amide bonds. The van der Waals surface area contributed by atoms with Crippen LogP contribution in [0.15, 0.2) is 54.7 Å². The number of hydrogen-bond donors (Lipinski definition) is 0. The zero-order valence-corrected chi connectivity index (χ0v) is 11.9. The molecule has 0 fully saturated rings. The second-order valence-electron chi connectivity index (χ2n) is 4.22. The van der Waals surface area contributed by atoms with Crippen LogP contribution in [0.25, 0.3) is 22.3 Å². The molecule has 2 aromatic carbocycles. The molecule has 0 atom stereocenters. The average molecular weight is 291 g/mol. The lowest BCUT2D eigenvalue weighted by molar-refractivity contribution is -0.103. The van der Waals surface area contributed by atoms with Gasteiger partial charge in [-0.25, -0.2) is 4.98 Å². The summed E-state index contributed by atoms with van der Waals surface area (Å²) in [5.74, 6) is 0.796. The Morgan fingerprint density at radius 2 is 1.86 bits per heavy atom. The van der Waals surface area contributed by atoms with E-state index in [-0.39, 0.29) is 6.29 Å². The molecule has 1 heterocycles. The predicted molar refractivity (Wildman–Crippen MR) is 83.2 cm³/mol. The maximum atomic E-state index is 8.81. The molecule has 108 valence electrons. The summed E-state index contributed by atoms with van der Waals surface area (Å²) in [6.45, 7) is 0. The molecule has 5 nitrogen and oxygen atoms in total. The van der Waals surface area contributed by atoms with E-state index < -0.39 is 0 Å². The van der Waals surface area contributed by atoms with Crippen LogP contribution in [-0.4, -0.2) is 23.4 Å². The van der Waals surface area contributed by atoms with Crippen molar-refractivity contribution in [3.8, 4) is 23.1 Å². The highest BCUT2D eigenvalue weighted by Crippen LogP contribution is 2.21. The third-order valence-corrected chi connectivity index (χ3v) is 2.87. The zero-order valence-electron chi connectivity index (χ0n) is 11.9. The van der Waals surface area contributed by atoms with Crippen molar-refractivity contribution in [3.05, 3.63) is 54.7 Å². The average Bonchev–Trinajstić information content (AvgIpc) is 2.61. The Bertz CT molecular complexity index is 811. The van der Waals surface area contributed by atoms with Gasteiger partial charge in [0, 0.05) is 11.6 Å². The van der Waals surface area contributed by atoms with Crippen LogP contribution in [0.1, 0.15) is 0 Å². The van der Waals surface area contributed by atoms with E-state index >= 15 is 0 Å². The third-order valence-electron chi connectivity index (χ3n) is 2.87. The molecule has 3 aromatic rings. The summed E-state index contributed by atoms with van der Waals surface area (Å²) in [5.41, 5.74) is 3.67. The maximum absolute atomic E-state index is 8.81. The first-order valence-corrected chi connectivity index (χ1v) is 6.48. The van der Waals surface area contributed by atoms with Gasteiger partial charge in [0.05, 0.1) is 30.0 Å². The fourth-order valence-electron chi connectivity index (χ4n) is 1.87. The molecule has 0 aliphatic rings. The summed E-state index contributed by atoms with van der Waals surface area (Å²) in [6, 6.07) is 17.0. The summed E-state index contributed by atoms with van der Waals surface area (Å²) in [6.07, 6.45) is 1.97. The molecule has 0 spiro atoms. The van der Waals surface area contributed by atoms with Gasteiger partial charge >= 0.3 is 0 Å². The lowest BCUT2D eigenvalue weighted by Gasteiger charge is -2.04. The summed E-state index contributed by atoms with van der Waals surface area (Å²) in [7, 11) is 1.65. The molecule has 22 heavy (non-hydrogen) atoms. The minimum absolute atomic E-state index is 0.181. The zero-order chi connectivity index (χ0) is 15.8. The summed E-state index contributed by atoms with van der Waals surface area (Å²) in [4.78, 5) is 17.8. The molecule has 5 heteroatoms. The van der Waals surface area contributed by atoms with Crippen LogP contribution in [0.2, 0.25) is 0 Å². The first-order chi connectivity index (χ1) is 10.8. The highest BCUT2D eigenvalue weighted by atomic mass is 16.5. The minimum atomic E-state index is 0.181. The first kappa shape index (κ1) is 15.1. The van der Waals surface area contributed by atoms with Crippen LogP contribution in [-0.2, 0) is 4.79 Å². The highest BCUT2D eigenvalue weighted by Gasteiger charge is 2.03. The van der Waals surface area contributed by atoms with Crippen molar-refractivity contribution in [1.82, 2.24) is 9.97 Å². The number of methoxy groups -OCH3 is 1. The Hall–Kier alpha value is -3.26. The van der Waals surface area contributed by atoms with Crippen molar-refractivity contribution in [2.24, 2.45) is 0 Å². The lowest BCUT2D eigenvalue weighted by Crippen LogP contribution is -1.89. The fourth-order valence-corrected chi connectivity index (χ4v) is 1.87. The van der Waals surface area contributed by atoms with Crippen molar-refractivity contribution >= 4 is 17.3 Å². The number of ether oxygens (including phenoxy) is 1. The van der Waals surface area contributed by atoms with Gasteiger partial charge < -0.3 is 4.74 Å². The molecule has 0 radical (unpaired) electrons. The summed E-state index contributed by atoms with van der Waals surface area (Å²) < 4.78 is 5.17. The van der Waals surface area contributed by atoms with Crippen LogP contribution in [0, 0.1) is 11.3 Å². The SMILES string of the molecule is COc1ccc2nc(-c3ccccc3)cnc2c1.N#CC=O. The summed E-state index contributed by atoms with van der Waals surface area (Å²) >= 11 is 0. The van der Waals surface area contributed by atoms with Crippen LogP contribution in [0.5, 0.6) is 5.75 Å². The predicted octanol–water partition coefficient (Wildman–Crippen LogP) is 3.01. The molecule has 3 rings (SSSR count). The second-order valence-corrected chi connectivity index (χ2v) is 4.22. The second kappa shape index (κ2) is 7.50. The highest BCUT2D eigenvalue weighted by molar-refractivity contribution is 5.78. The topological polar surface area (TPSA) is 75.9 Å². The van der Waals surface area contributed by atoms with E-state index in [1.165, 1.54) is 6.07 Å². The number of nitriles is 1. The van der Waals surface area contributed by atoms with Crippen molar-refractivity contribution in [2.75, 3.05) is 7.11 Å². The minimum Gasteiger partial charge on any atom is -0.497 e. The molecule has 1 aromatic heterocycles. The van der Waals surface area contributed by atoms with Gasteiger partial charge in [0.15, 0.2) is 0 Å². The van der Waals surface area contributed by atoms with E-state index in [0.29, 0.717) is 0 Å². The Balaban J connectivity index is 0.000000396. The molecule has 0 aliphatic carbocycles. The van der Waals surface area contributed by atoms with E-state index in [9.17, 15) is 0 Å². The van der Waals surface area contributed by atoms with Gasteiger partial charge in [-0.3, -0.25) is 9.78 Å². The van der Waals surface area contributed by atoms with Crippen molar-refractivity contribution in [2.45, 2.75) is 0 Å². The van der Waals surface area contributed by atoms with Crippen molar-refractivity contribution in [3.63, 3.8) is 0 Å². The molecule has 0 aliphatic heterocycles.